The number of benzene rings is 2. The predicted octanol–water partition coefficient (Wildman–Crippen LogP) is 2.90. The number of hydrogen-bond donors (Lipinski definition) is 1. The number of anilines is 1. The highest BCUT2D eigenvalue weighted by Gasteiger charge is 2.32. The van der Waals surface area contributed by atoms with Gasteiger partial charge in [-0.15, -0.1) is 0 Å². The van der Waals surface area contributed by atoms with Crippen molar-refractivity contribution in [3.63, 3.8) is 0 Å². The van der Waals surface area contributed by atoms with Crippen LogP contribution in [0.3, 0.4) is 0 Å². The van der Waals surface area contributed by atoms with Crippen LogP contribution in [0.4, 0.5) is 5.69 Å². The number of carbonyl (C=O) groups is 1. The van der Waals surface area contributed by atoms with Gasteiger partial charge in [0.2, 0.25) is 0 Å². The smallest absolute Gasteiger partial charge is 0.257 e. The number of methoxy groups -OCH3 is 1. The Kier molecular flexibility index (Phi) is 3.88. The van der Waals surface area contributed by atoms with Crippen molar-refractivity contribution in [2.75, 3.05) is 25.6 Å². The van der Waals surface area contributed by atoms with E-state index >= 15 is 0 Å². The summed E-state index contributed by atoms with van der Waals surface area (Å²) >= 11 is 0. The Balaban J connectivity index is 1.99. The van der Waals surface area contributed by atoms with Gasteiger partial charge in [-0.1, -0.05) is 42.5 Å². The molecule has 0 saturated carbocycles. The molecule has 0 bridgehead atoms. The molecule has 2 aromatic carbocycles. The fourth-order valence-electron chi connectivity index (χ4n) is 2.61. The van der Waals surface area contributed by atoms with Crippen molar-refractivity contribution in [2.24, 2.45) is 0 Å². The van der Waals surface area contributed by atoms with Crippen LogP contribution in [0.25, 0.3) is 0 Å². The summed E-state index contributed by atoms with van der Waals surface area (Å²) in [5, 5.41) is 3.45. The van der Waals surface area contributed by atoms with Crippen LogP contribution in [0.5, 0.6) is 0 Å². The Morgan fingerprint density at radius 2 is 1.81 bits per heavy atom. The summed E-state index contributed by atoms with van der Waals surface area (Å²) < 4.78 is 5.14. The maximum atomic E-state index is 12.7. The SMILES string of the molecule is COCCN1C(=O)c2ccccc2N[C@H]1c1ccccc1. The Labute approximate surface area is 124 Å². The highest BCUT2D eigenvalue weighted by atomic mass is 16.5. The summed E-state index contributed by atoms with van der Waals surface area (Å²) in [6, 6.07) is 17.6. The average molecular weight is 282 g/mol. The molecule has 1 N–H and O–H groups in total. The van der Waals surface area contributed by atoms with E-state index in [1.54, 1.807) is 7.11 Å². The highest BCUT2D eigenvalue weighted by Crippen LogP contribution is 2.32. The Hall–Kier alpha value is -2.33. The van der Waals surface area contributed by atoms with Crippen molar-refractivity contribution < 1.29 is 9.53 Å². The zero-order chi connectivity index (χ0) is 14.7. The third kappa shape index (κ3) is 2.62. The van der Waals surface area contributed by atoms with E-state index in [0.717, 1.165) is 11.3 Å². The van der Waals surface area contributed by atoms with E-state index in [2.05, 4.69) is 5.32 Å². The van der Waals surface area contributed by atoms with Gasteiger partial charge in [-0.05, 0) is 17.7 Å². The van der Waals surface area contributed by atoms with Gasteiger partial charge in [0.15, 0.2) is 0 Å². The first kappa shape index (κ1) is 13.6. The molecule has 0 aromatic heterocycles. The molecular formula is C17H18N2O2. The minimum Gasteiger partial charge on any atom is -0.383 e. The number of rotatable bonds is 4. The lowest BCUT2D eigenvalue weighted by molar-refractivity contribution is 0.0609. The van der Waals surface area contributed by atoms with Crippen molar-refractivity contribution in [2.45, 2.75) is 6.17 Å². The second-order valence-electron chi connectivity index (χ2n) is 4.99. The van der Waals surface area contributed by atoms with E-state index < -0.39 is 0 Å². The van der Waals surface area contributed by atoms with Gasteiger partial charge in [-0.25, -0.2) is 0 Å². The summed E-state index contributed by atoms with van der Waals surface area (Å²) in [6.07, 6.45) is -0.163. The molecule has 0 saturated heterocycles. The molecule has 21 heavy (non-hydrogen) atoms. The maximum absolute atomic E-state index is 12.7. The van der Waals surface area contributed by atoms with E-state index in [4.69, 9.17) is 4.74 Å². The summed E-state index contributed by atoms with van der Waals surface area (Å²) in [5.41, 5.74) is 2.65. The van der Waals surface area contributed by atoms with Gasteiger partial charge in [0.05, 0.1) is 12.2 Å². The molecule has 1 heterocycles. The first-order valence-corrected chi connectivity index (χ1v) is 7.01. The van der Waals surface area contributed by atoms with Crippen molar-refractivity contribution in [1.29, 1.82) is 0 Å². The van der Waals surface area contributed by atoms with Crippen molar-refractivity contribution >= 4 is 11.6 Å². The topological polar surface area (TPSA) is 41.6 Å². The monoisotopic (exact) mass is 282 g/mol. The van der Waals surface area contributed by atoms with Crippen molar-refractivity contribution in [3.8, 4) is 0 Å². The van der Waals surface area contributed by atoms with Gasteiger partial charge in [-0.3, -0.25) is 4.79 Å². The summed E-state index contributed by atoms with van der Waals surface area (Å²) in [4.78, 5) is 14.6. The first-order valence-electron chi connectivity index (χ1n) is 7.01. The van der Waals surface area contributed by atoms with Gasteiger partial charge in [0, 0.05) is 19.3 Å². The van der Waals surface area contributed by atoms with E-state index in [9.17, 15) is 4.79 Å². The molecule has 0 radical (unpaired) electrons. The maximum Gasteiger partial charge on any atom is 0.257 e. The predicted molar refractivity (Wildman–Crippen MR) is 82.2 cm³/mol. The van der Waals surface area contributed by atoms with Crippen LogP contribution in [0, 0.1) is 0 Å². The van der Waals surface area contributed by atoms with Crippen LogP contribution < -0.4 is 5.32 Å². The molecule has 3 rings (SSSR count). The minimum absolute atomic E-state index is 0.0373. The third-order valence-corrected chi connectivity index (χ3v) is 3.67. The fourth-order valence-corrected chi connectivity index (χ4v) is 2.61. The highest BCUT2D eigenvalue weighted by molar-refractivity contribution is 6.01. The molecule has 4 heteroatoms. The Bertz CT molecular complexity index is 628. The van der Waals surface area contributed by atoms with E-state index in [1.165, 1.54) is 0 Å². The van der Waals surface area contributed by atoms with Crippen LogP contribution in [0.2, 0.25) is 0 Å². The minimum atomic E-state index is -0.163. The number of amides is 1. The summed E-state index contributed by atoms with van der Waals surface area (Å²) in [5.74, 6) is 0.0373. The lowest BCUT2D eigenvalue weighted by Crippen LogP contribution is -2.44. The molecule has 1 aliphatic rings. The number of nitrogens with zero attached hydrogens (tertiary/aromatic N) is 1. The number of fused-ring (bicyclic) bond motifs is 1. The number of para-hydroxylation sites is 1. The standard InChI is InChI=1S/C17H18N2O2/c1-21-12-11-19-16(13-7-3-2-4-8-13)18-15-10-6-5-9-14(15)17(19)20/h2-10,16,18H,11-12H2,1H3/t16-/m1/s1. The van der Waals surface area contributed by atoms with Gasteiger partial charge in [0.25, 0.3) is 5.91 Å². The molecule has 0 aliphatic carbocycles. The third-order valence-electron chi connectivity index (χ3n) is 3.67. The average Bonchev–Trinajstić information content (AvgIpc) is 2.55. The van der Waals surface area contributed by atoms with Crippen molar-refractivity contribution in [1.82, 2.24) is 4.90 Å². The van der Waals surface area contributed by atoms with Crippen LogP contribution in [0.15, 0.2) is 54.6 Å². The molecule has 1 atom stereocenters. The first-order chi connectivity index (χ1) is 10.3. The molecule has 0 fully saturated rings. The fraction of sp³-hybridized carbons (Fsp3) is 0.235. The van der Waals surface area contributed by atoms with E-state index in [1.807, 2.05) is 59.5 Å². The van der Waals surface area contributed by atoms with Crippen LogP contribution in [0.1, 0.15) is 22.1 Å². The largest absolute Gasteiger partial charge is 0.383 e. The summed E-state index contributed by atoms with van der Waals surface area (Å²) in [6.45, 7) is 1.06. The van der Waals surface area contributed by atoms with Crippen molar-refractivity contribution in [3.05, 3.63) is 65.7 Å². The van der Waals surface area contributed by atoms with Gasteiger partial charge >= 0.3 is 0 Å². The normalized spacial score (nSPS) is 17.3. The molecule has 108 valence electrons. The lowest BCUT2D eigenvalue weighted by atomic mass is 10.0. The van der Waals surface area contributed by atoms with Crippen LogP contribution >= 0.6 is 0 Å². The molecule has 1 aliphatic heterocycles. The number of hydrogen-bond acceptors (Lipinski definition) is 3. The Morgan fingerprint density at radius 1 is 1.10 bits per heavy atom. The van der Waals surface area contributed by atoms with Crippen LogP contribution in [-0.2, 0) is 4.74 Å². The number of carbonyl (C=O) groups excluding carboxylic acids is 1. The molecule has 4 nitrogen and oxygen atoms in total. The molecule has 0 spiro atoms. The van der Waals surface area contributed by atoms with Gasteiger partial charge in [0.1, 0.15) is 6.17 Å². The van der Waals surface area contributed by atoms with E-state index in [0.29, 0.717) is 18.7 Å². The Morgan fingerprint density at radius 3 is 2.57 bits per heavy atom. The molecule has 2 aromatic rings. The molecule has 1 amide bonds. The second kappa shape index (κ2) is 5.97. The van der Waals surface area contributed by atoms with Gasteiger partial charge < -0.3 is 15.0 Å². The lowest BCUT2D eigenvalue weighted by Gasteiger charge is -2.38. The number of nitrogens with one attached hydrogen (secondary N) is 1. The van der Waals surface area contributed by atoms with E-state index in [-0.39, 0.29) is 12.1 Å². The molecule has 0 unspecified atom stereocenters. The molecular weight excluding hydrogens is 264 g/mol. The zero-order valence-corrected chi connectivity index (χ0v) is 12.0. The zero-order valence-electron chi connectivity index (χ0n) is 12.0. The van der Waals surface area contributed by atoms with Crippen LogP contribution in [-0.4, -0.2) is 31.1 Å². The second-order valence-corrected chi connectivity index (χ2v) is 4.99. The quantitative estimate of drug-likeness (QED) is 0.937. The number of ether oxygens (including phenoxy) is 1. The van der Waals surface area contributed by atoms with Gasteiger partial charge in [-0.2, -0.15) is 0 Å². The summed E-state index contributed by atoms with van der Waals surface area (Å²) in [7, 11) is 1.65.